The first kappa shape index (κ1) is 14.4. The van der Waals surface area contributed by atoms with Gasteiger partial charge in [0.2, 0.25) is 0 Å². The minimum Gasteiger partial charge on any atom is -0.375 e. The number of pyridine rings is 1. The molecule has 2 rings (SSSR count). The van der Waals surface area contributed by atoms with Gasteiger partial charge in [-0.2, -0.15) is 0 Å². The summed E-state index contributed by atoms with van der Waals surface area (Å²) in [6, 6.07) is 6.08. The second kappa shape index (κ2) is 6.98. The molecule has 1 N–H and O–H groups in total. The van der Waals surface area contributed by atoms with Crippen LogP contribution in [0, 0.1) is 0 Å². The van der Waals surface area contributed by atoms with Gasteiger partial charge in [0.05, 0.1) is 36.3 Å². The van der Waals surface area contributed by atoms with Gasteiger partial charge in [0, 0.05) is 6.54 Å². The normalized spacial score (nSPS) is 27.4. The molecule has 2 unspecified atom stereocenters. The molecule has 19 heavy (non-hydrogen) atoms. The van der Waals surface area contributed by atoms with Crippen molar-refractivity contribution in [3.05, 3.63) is 29.6 Å². The van der Waals surface area contributed by atoms with E-state index >= 15 is 0 Å². The molecule has 0 radical (unpaired) electrons. The summed E-state index contributed by atoms with van der Waals surface area (Å²) in [6.07, 6.45) is 2.81. The van der Waals surface area contributed by atoms with E-state index in [-0.39, 0.29) is 18.3 Å². The van der Waals surface area contributed by atoms with E-state index in [9.17, 15) is 0 Å². The van der Waals surface area contributed by atoms with Crippen LogP contribution in [-0.2, 0) is 22.6 Å². The summed E-state index contributed by atoms with van der Waals surface area (Å²) in [6.45, 7) is 5.59. The second-order valence-electron chi connectivity index (χ2n) is 5.31. The van der Waals surface area contributed by atoms with Crippen LogP contribution >= 0.6 is 0 Å². The Morgan fingerprint density at radius 2 is 1.95 bits per heavy atom. The fourth-order valence-corrected chi connectivity index (χ4v) is 2.57. The number of nitrogens with one attached hydrogen (secondary N) is 1. The lowest BCUT2D eigenvalue weighted by Crippen LogP contribution is -2.34. The molecule has 2 heterocycles. The maximum atomic E-state index is 5.98. The highest BCUT2D eigenvalue weighted by atomic mass is 16.5. The van der Waals surface area contributed by atoms with Gasteiger partial charge >= 0.3 is 0 Å². The third kappa shape index (κ3) is 4.56. The predicted octanol–water partition coefficient (Wildman–Crippen LogP) is 2.27. The molecule has 106 valence electrons. The van der Waals surface area contributed by atoms with E-state index in [0.29, 0.717) is 6.61 Å². The molecule has 0 bridgehead atoms. The number of hydrogen-bond donors (Lipinski definition) is 1. The maximum absolute atomic E-state index is 5.98. The average molecular weight is 264 g/mol. The fourth-order valence-electron chi connectivity index (χ4n) is 2.57. The summed E-state index contributed by atoms with van der Waals surface area (Å²) in [5.74, 6) is 0. The molecule has 4 heteroatoms. The smallest absolute Gasteiger partial charge is 0.0891 e. The van der Waals surface area contributed by atoms with E-state index < -0.39 is 0 Å². The van der Waals surface area contributed by atoms with Crippen LogP contribution in [0.25, 0.3) is 0 Å². The Hall–Kier alpha value is -0.970. The molecular weight excluding hydrogens is 240 g/mol. The van der Waals surface area contributed by atoms with Gasteiger partial charge in [-0.3, -0.25) is 4.98 Å². The van der Waals surface area contributed by atoms with Gasteiger partial charge in [-0.1, -0.05) is 6.07 Å². The highest BCUT2D eigenvalue weighted by molar-refractivity contribution is 5.10. The summed E-state index contributed by atoms with van der Waals surface area (Å²) in [5.41, 5.74) is 2.05. The zero-order valence-corrected chi connectivity index (χ0v) is 12.1. The molecule has 1 fully saturated rings. The molecule has 4 nitrogen and oxygen atoms in total. The fraction of sp³-hybridized carbons (Fsp3) is 0.667. The molecule has 1 aromatic heterocycles. The van der Waals surface area contributed by atoms with Crippen molar-refractivity contribution in [3.63, 3.8) is 0 Å². The minimum atomic E-state index is 0.286. The standard InChI is InChI=1S/C15H24N2O2/c1-11-7-15(8-12(2)19-11)18-10-14-6-4-5-13(17-14)9-16-3/h4-6,11-12,15-16H,7-10H2,1-3H3. The van der Waals surface area contributed by atoms with Crippen molar-refractivity contribution in [1.82, 2.24) is 10.3 Å². The lowest BCUT2D eigenvalue weighted by molar-refractivity contribution is -0.106. The van der Waals surface area contributed by atoms with Crippen molar-refractivity contribution in [1.29, 1.82) is 0 Å². The van der Waals surface area contributed by atoms with E-state index in [2.05, 4.69) is 24.1 Å². The summed E-state index contributed by atoms with van der Waals surface area (Å²) in [4.78, 5) is 4.57. The Morgan fingerprint density at radius 3 is 2.63 bits per heavy atom. The zero-order valence-electron chi connectivity index (χ0n) is 12.1. The number of hydrogen-bond acceptors (Lipinski definition) is 4. The number of aromatic nitrogens is 1. The molecule has 1 aliphatic rings. The summed E-state index contributed by atoms with van der Waals surface area (Å²) in [5, 5.41) is 3.11. The maximum Gasteiger partial charge on any atom is 0.0891 e. The molecule has 0 aliphatic carbocycles. The van der Waals surface area contributed by atoms with Crippen LogP contribution in [0.4, 0.5) is 0 Å². The van der Waals surface area contributed by atoms with Crippen molar-refractivity contribution < 1.29 is 9.47 Å². The number of nitrogens with zero attached hydrogens (tertiary/aromatic N) is 1. The van der Waals surface area contributed by atoms with Crippen molar-refractivity contribution in [3.8, 4) is 0 Å². The van der Waals surface area contributed by atoms with Gasteiger partial charge in [-0.25, -0.2) is 0 Å². The zero-order chi connectivity index (χ0) is 13.7. The van der Waals surface area contributed by atoms with Crippen LogP contribution in [0.15, 0.2) is 18.2 Å². The SMILES string of the molecule is CNCc1cccc(COC2CC(C)OC(C)C2)n1. The molecule has 1 aromatic rings. The van der Waals surface area contributed by atoms with Crippen molar-refractivity contribution in [2.24, 2.45) is 0 Å². The van der Waals surface area contributed by atoms with E-state index in [0.717, 1.165) is 30.8 Å². The van der Waals surface area contributed by atoms with Crippen LogP contribution in [0.3, 0.4) is 0 Å². The van der Waals surface area contributed by atoms with Crippen LogP contribution < -0.4 is 5.32 Å². The van der Waals surface area contributed by atoms with Gasteiger partial charge in [-0.15, -0.1) is 0 Å². The first-order valence-electron chi connectivity index (χ1n) is 7.04. The molecular formula is C15H24N2O2. The lowest BCUT2D eigenvalue weighted by Gasteiger charge is -2.31. The van der Waals surface area contributed by atoms with E-state index in [1.807, 2.05) is 25.2 Å². The summed E-state index contributed by atoms with van der Waals surface area (Å²) in [7, 11) is 1.93. The van der Waals surface area contributed by atoms with Crippen molar-refractivity contribution in [2.75, 3.05) is 7.05 Å². The van der Waals surface area contributed by atoms with Crippen LogP contribution in [-0.4, -0.2) is 30.3 Å². The number of rotatable bonds is 5. The van der Waals surface area contributed by atoms with E-state index in [4.69, 9.17) is 9.47 Å². The summed E-state index contributed by atoms with van der Waals surface area (Å²) < 4.78 is 11.7. The molecule has 1 aliphatic heterocycles. The van der Waals surface area contributed by atoms with Crippen molar-refractivity contribution >= 4 is 0 Å². The van der Waals surface area contributed by atoms with Gasteiger partial charge in [0.15, 0.2) is 0 Å². The third-order valence-corrected chi connectivity index (χ3v) is 3.34. The molecule has 2 atom stereocenters. The van der Waals surface area contributed by atoms with E-state index in [1.165, 1.54) is 0 Å². The van der Waals surface area contributed by atoms with Crippen LogP contribution in [0.1, 0.15) is 38.1 Å². The minimum absolute atomic E-state index is 0.286. The van der Waals surface area contributed by atoms with Gasteiger partial charge in [-0.05, 0) is 45.9 Å². The third-order valence-electron chi connectivity index (χ3n) is 3.34. The molecule has 0 saturated carbocycles. The summed E-state index contributed by atoms with van der Waals surface area (Å²) >= 11 is 0. The Kier molecular flexibility index (Phi) is 5.31. The van der Waals surface area contributed by atoms with Crippen LogP contribution in [0.5, 0.6) is 0 Å². The van der Waals surface area contributed by atoms with E-state index in [1.54, 1.807) is 0 Å². The monoisotopic (exact) mass is 264 g/mol. The largest absolute Gasteiger partial charge is 0.375 e. The van der Waals surface area contributed by atoms with Crippen LogP contribution in [0.2, 0.25) is 0 Å². The predicted molar refractivity (Wildman–Crippen MR) is 74.8 cm³/mol. The Bertz CT molecular complexity index is 387. The molecule has 1 saturated heterocycles. The van der Waals surface area contributed by atoms with Crippen molar-refractivity contribution in [2.45, 2.75) is 58.2 Å². The quantitative estimate of drug-likeness (QED) is 0.886. The first-order chi connectivity index (χ1) is 9.17. The Morgan fingerprint density at radius 1 is 1.26 bits per heavy atom. The lowest BCUT2D eigenvalue weighted by atomic mass is 10.0. The molecule has 0 amide bonds. The Balaban J connectivity index is 1.86. The molecule has 0 aromatic carbocycles. The molecule has 0 spiro atoms. The second-order valence-corrected chi connectivity index (χ2v) is 5.31. The highest BCUT2D eigenvalue weighted by Gasteiger charge is 2.24. The van der Waals surface area contributed by atoms with Gasteiger partial charge in [0.1, 0.15) is 0 Å². The highest BCUT2D eigenvalue weighted by Crippen LogP contribution is 2.22. The Labute approximate surface area is 115 Å². The topological polar surface area (TPSA) is 43.4 Å². The van der Waals surface area contributed by atoms with Gasteiger partial charge in [0.25, 0.3) is 0 Å². The average Bonchev–Trinajstić information content (AvgIpc) is 2.36. The number of ether oxygens (including phenoxy) is 2. The van der Waals surface area contributed by atoms with Gasteiger partial charge < -0.3 is 14.8 Å². The first-order valence-corrected chi connectivity index (χ1v) is 7.04.